The normalized spacial score (nSPS) is 13.8. The number of carbonyl (C=O) groups excluding carboxylic acids is 1. The zero-order valence-corrected chi connectivity index (χ0v) is 15.0. The van der Waals surface area contributed by atoms with Gasteiger partial charge in [-0.15, -0.1) is 0 Å². The first kappa shape index (κ1) is 17.3. The van der Waals surface area contributed by atoms with Crippen molar-refractivity contribution in [2.24, 2.45) is 0 Å². The number of hydrogen-bond donors (Lipinski definition) is 2. The van der Waals surface area contributed by atoms with E-state index in [-0.39, 0.29) is 18.9 Å². The van der Waals surface area contributed by atoms with E-state index in [4.69, 9.17) is 8.83 Å². The molecule has 0 saturated carbocycles. The molecule has 2 aromatic heterocycles. The van der Waals surface area contributed by atoms with Crippen LogP contribution in [0.4, 0.5) is 0 Å². The number of aryl methyl sites for hydroxylation is 3. The highest BCUT2D eigenvalue weighted by Crippen LogP contribution is 2.25. The summed E-state index contributed by atoms with van der Waals surface area (Å²) in [6.07, 6.45) is 1.82. The second-order valence-electron chi connectivity index (χ2n) is 6.83. The molecule has 0 spiro atoms. The average molecular weight is 341 g/mol. The molecular weight excluding hydrogens is 318 g/mol. The third-order valence-electron chi connectivity index (χ3n) is 4.52. The molecule has 2 N–H and O–H groups in total. The van der Waals surface area contributed by atoms with Crippen LogP contribution in [0, 0.1) is 20.8 Å². The smallest absolute Gasteiger partial charge is 0.224 e. The lowest BCUT2D eigenvalue weighted by molar-refractivity contribution is -0.121. The highest BCUT2D eigenvalue weighted by atomic mass is 16.4. The Morgan fingerprint density at radius 3 is 2.60 bits per heavy atom. The van der Waals surface area contributed by atoms with Crippen molar-refractivity contribution in [2.45, 2.75) is 39.7 Å². The van der Waals surface area contributed by atoms with E-state index >= 15 is 0 Å². The topological polar surface area (TPSA) is 75.6 Å². The zero-order valence-electron chi connectivity index (χ0n) is 15.0. The van der Waals surface area contributed by atoms with Crippen LogP contribution < -0.4 is 5.32 Å². The molecule has 3 aromatic rings. The number of fused-ring (bicyclic) bond motifs is 1. The molecule has 3 rings (SSSR count). The van der Waals surface area contributed by atoms with E-state index in [0.29, 0.717) is 5.76 Å². The fourth-order valence-electron chi connectivity index (χ4n) is 2.79. The van der Waals surface area contributed by atoms with Crippen molar-refractivity contribution in [2.75, 3.05) is 6.54 Å². The molecule has 0 aliphatic carbocycles. The molecule has 5 nitrogen and oxygen atoms in total. The Hall–Kier alpha value is -2.53. The van der Waals surface area contributed by atoms with Crippen molar-refractivity contribution in [3.05, 3.63) is 58.7 Å². The number of hydrogen-bond acceptors (Lipinski definition) is 4. The predicted octanol–water partition coefficient (Wildman–Crippen LogP) is 3.52. The zero-order chi connectivity index (χ0) is 18.2. The number of carbonyl (C=O) groups is 1. The lowest BCUT2D eigenvalue weighted by atomic mass is 10.0. The quantitative estimate of drug-likeness (QED) is 0.744. The van der Waals surface area contributed by atoms with Gasteiger partial charge in [-0.3, -0.25) is 4.79 Å². The van der Waals surface area contributed by atoms with Crippen LogP contribution >= 0.6 is 0 Å². The van der Waals surface area contributed by atoms with Gasteiger partial charge in [0.1, 0.15) is 22.7 Å². The molecule has 0 radical (unpaired) electrons. The summed E-state index contributed by atoms with van der Waals surface area (Å²) in [5.74, 6) is 0.978. The Balaban J connectivity index is 1.68. The number of nitrogens with one attached hydrogen (secondary N) is 1. The van der Waals surface area contributed by atoms with Crippen molar-refractivity contribution in [3.63, 3.8) is 0 Å². The maximum Gasteiger partial charge on any atom is 0.224 e. The number of benzene rings is 1. The van der Waals surface area contributed by atoms with Crippen LogP contribution in [0.2, 0.25) is 0 Å². The fourth-order valence-corrected chi connectivity index (χ4v) is 2.79. The maximum absolute atomic E-state index is 12.3. The summed E-state index contributed by atoms with van der Waals surface area (Å²) < 4.78 is 11.0. The highest BCUT2D eigenvalue weighted by Gasteiger charge is 2.27. The number of rotatable bonds is 5. The molecule has 1 amide bonds. The molecule has 25 heavy (non-hydrogen) atoms. The Morgan fingerprint density at radius 1 is 1.20 bits per heavy atom. The van der Waals surface area contributed by atoms with E-state index in [1.807, 2.05) is 32.9 Å². The Bertz CT molecular complexity index is 917. The monoisotopic (exact) mass is 341 g/mol. The fraction of sp³-hybridized carbons (Fsp3) is 0.350. The van der Waals surface area contributed by atoms with E-state index in [9.17, 15) is 9.90 Å². The summed E-state index contributed by atoms with van der Waals surface area (Å²) in [6.45, 7) is 7.57. The van der Waals surface area contributed by atoms with Gasteiger partial charge in [0.15, 0.2) is 0 Å². The molecule has 132 valence electrons. The second-order valence-corrected chi connectivity index (χ2v) is 6.83. The third-order valence-corrected chi connectivity index (χ3v) is 4.52. The summed E-state index contributed by atoms with van der Waals surface area (Å²) in [6, 6.07) is 7.53. The van der Waals surface area contributed by atoms with Crippen LogP contribution in [0.1, 0.15) is 35.1 Å². The van der Waals surface area contributed by atoms with Crippen molar-refractivity contribution < 1.29 is 18.7 Å². The van der Waals surface area contributed by atoms with Gasteiger partial charge in [0.2, 0.25) is 5.91 Å². The van der Waals surface area contributed by atoms with Crippen LogP contribution in [0.3, 0.4) is 0 Å². The van der Waals surface area contributed by atoms with Crippen LogP contribution in [0.25, 0.3) is 11.0 Å². The van der Waals surface area contributed by atoms with Crippen molar-refractivity contribution in [1.82, 2.24) is 5.32 Å². The summed E-state index contributed by atoms with van der Waals surface area (Å²) in [5.41, 5.74) is 2.68. The largest absolute Gasteiger partial charge is 0.464 e. The van der Waals surface area contributed by atoms with Gasteiger partial charge in [-0.1, -0.05) is 0 Å². The first-order chi connectivity index (χ1) is 11.8. The molecule has 2 heterocycles. The minimum atomic E-state index is -1.25. The molecule has 0 aliphatic rings. The van der Waals surface area contributed by atoms with Gasteiger partial charge < -0.3 is 19.3 Å². The minimum absolute atomic E-state index is 0.0761. The Labute approximate surface area is 146 Å². The van der Waals surface area contributed by atoms with Gasteiger partial charge in [-0.05, 0) is 63.1 Å². The van der Waals surface area contributed by atoms with E-state index in [2.05, 4.69) is 5.32 Å². The van der Waals surface area contributed by atoms with Gasteiger partial charge in [0.05, 0.1) is 19.2 Å². The highest BCUT2D eigenvalue weighted by molar-refractivity contribution is 5.88. The molecule has 0 bridgehead atoms. The maximum atomic E-state index is 12.3. The molecule has 0 saturated heterocycles. The van der Waals surface area contributed by atoms with Gasteiger partial charge in [-0.25, -0.2) is 0 Å². The molecule has 1 atom stereocenters. The number of aliphatic hydroxyl groups is 1. The molecule has 0 aliphatic heterocycles. The molecule has 0 fully saturated rings. The Morgan fingerprint density at radius 2 is 1.92 bits per heavy atom. The predicted molar refractivity (Wildman–Crippen MR) is 95.4 cm³/mol. The minimum Gasteiger partial charge on any atom is -0.464 e. The lowest BCUT2D eigenvalue weighted by Gasteiger charge is -2.21. The van der Waals surface area contributed by atoms with E-state index < -0.39 is 5.60 Å². The van der Waals surface area contributed by atoms with Gasteiger partial charge >= 0.3 is 0 Å². The van der Waals surface area contributed by atoms with E-state index in [1.165, 1.54) is 0 Å². The van der Waals surface area contributed by atoms with E-state index in [0.717, 1.165) is 33.4 Å². The van der Waals surface area contributed by atoms with Crippen LogP contribution in [-0.2, 0) is 16.8 Å². The average Bonchev–Trinajstić information content (AvgIpc) is 3.14. The number of furan rings is 2. The summed E-state index contributed by atoms with van der Waals surface area (Å²) in [4.78, 5) is 12.3. The van der Waals surface area contributed by atoms with Gasteiger partial charge in [0.25, 0.3) is 0 Å². The standard InChI is InChI=1S/C20H23NO4/c1-12-7-16-15(10-24-17(16)8-13(12)2)9-19(22)21-11-20(4,23)18-6-5-14(3)25-18/h5-8,10,23H,9,11H2,1-4H3,(H,21,22). The third kappa shape index (κ3) is 3.61. The second kappa shape index (κ2) is 6.41. The lowest BCUT2D eigenvalue weighted by Crippen LogP contribution is -2.39. The Kier molecular flexibility index (Phi) is 4.43. The van der Waals surface area contributed by atoms with Crippen LogP contribution in [0.5, 0.6) is 0 Å². The molecule has 1 unspecified atom stereocenters. The van der Waals surface area contributed by atoms with Crippen LogP contribution in [-0.4, -0.2) is 17.6 Å². The molecular formula is C20H23NO4. The summed E-state index contributed by atoms with van der Waals surface area (Å²) >= 11 is 0. The van der Waals surface area contributed by atoms with Crippen molar-refractivity contribution in [1.29, 1.82) is 0 Å². The molecule has 1 aromatic carbocycles. The van der Waals surface area contributed by atoms with Crippen molar-refractivity contribution in [3.8, 4) is 0 Å². The van der Waals surface area contributed by atoms with Crippen molar-refractivity contribution >= 4 is 16.9 Å². The van der Waals surface area contributed by atoms with Gasteiger partial charge in [-0.2, -0.15) is 0 Å². The first-order valence-electron chi connectivity index (χ1n) is 8.29. The van der Waals surface area contributed by atoms with Crippen LogP contribution in [0.15, 0.2) is 39.4 Å². The molecule has 5 heteroatoms. The number of amides is 1. The SMILES string of the molecule is Cc1ccc(C(C)(O)CNC(=O)Cc2coc3cc(C)c(C)cc23)o1. The van der Waals surface area contributed by atoms with Gasteiger partial charge in [0, 0.05) is 10.9 Å². The summed E-state index contributed by atoms with van der Waals surface area (Å²) in [5, 5.41) is 14.2. The van der Waals surface area contributed by atoms with E-state index in [1.54, 1.807) is 25.3 Å². The summed E-state index contributed by atoms with van der Waals surface area (Å²) in [7, 11) is 0. The first-order valence-corrected chi connectivity index (χ1v) is 8.29.